The first-order chi connectivity index (χ1) is 14.2. The summed E-state index contributed by atoms with van der Waals surface area (Å²) in [6.45, 7) is 1.03. The van der Waals surface area contributed by atoms with Crippen LogP contribution in [-0.2, 0) is 4.74 Å². The fourth-order valence-corrected chi connectivity index (χ4v) is 3.05. The van der Waals surface area contributed by atoms with Crippen molar-refractivity contribution in [2.75, 3.05) is 25.6 Å². The first-order valence-electron chi connectivity index (χ1n) is 9.07. The third-order valence-corrected chi connectivity index (χ3v) is 4.48. The molecule has 0 saturated heterocycles. The molecule has 7 heteroatoms. The Hall–Kier alpha value is -3.45. The van der Waals surface area contributed by atoms with Gasteiger partial charge in [-0.15, -0.1) is 0 Å². The van der Waals surface area contributed by atoms with Crippen LogP contribution >= 0.6 is 0 Å². The van der Waals surface area contributed by atoms with Crippen molar-refractivity contribution in [2.45, 2.75) is 0 Å². The first kappa shape index (κ1) is 18.9. The Morgan fingerprint density at radius 2 is 1.90 bits per heavy atom. The second-order valence-corrected chi connectivity index (χ2v) is 6.39. The molecule has 4 aromatic rings. The monoisotopic (exact) mass is 392 g/mol. The Morgan fingerprint density at radius 3 is 2.69 bits per heavy atom. The molecule has 146 valence electrons. The van der Waals surface area contributed by atoms with E-state index in [9.17, 15) is 8.78 Å². The summed E-state index contributed by atoms with van der Waals surface area (Å²) in [6.07, 6.45) is 3.37. The second-order valence-electron chi connectivity index (χ2n) is 6.39. The Kier molecular flexibility index (Phi) is 5.39. The predicted octanol–water partition coefficient (Wildman–Crippen LogP) is 4.70. The average Bonchev–Trinajstić information content (AvgIpc) is 2.76. The van der Waals surface area contributed by atoms with E-state index in [-0.39, 0.29) is 5.56 Å². The lowest BCUT2D eigenvalue weighted by Crippen LogP contribution is -2.10. The standard InChI is InChI=1S/C22H18F2N4O/c1-29-11-10-26-22-17-12-14(16-5-2-6-18(23)20(16)24)7-8-19(17)27-21(28-22)15-4-3-9-25-13-15/h2-9,12-13H,10-11H2,1H3,(H,26,27,28). The smallest absolute Gasteiger partial charge is 0.166 e. The number of halogens is 2. The number of ether oxygens (including phenoxy) is 1. The van der Waals surface area contributed by atoms with Crippen LogP contribution in [0, 0.1) is 11.6 Å². The lowest BCUT2D eigenvalue weighted by Gasteiger charge is -2.12. The van der Waals surface area contributed by atoms with Gasteiger partial charge in [0.2, 0.25) is 0 Å². The molecule has 2 heterocycles. The Balaban J connectivity index is 1.86. The highest BCUT2D eigenvalue weighted by Crippen LogP contribution is 2.31. The van der Waals surface area contributed by atoms with Crippen LogP contribution in [-0.4, -0.2) is 35.2 Å². The maximum absolute atomic E-state index is 14.3. The molecular formula is C22H18F2N4O. The maximum Gasteiger partial charge on any atom is 0.166 e. The van der Waals surface area contributed by atoms with Gasteiger partial charge in [0.05, 0.1) is 12.1 Å². The Labute approximate surface area is 166 Å². The SMILES string of the molecule is COCCNc1nc(-c2cccnc2)nc2ccc(-c3cccc(F)c3F)cc12. The molecule has 0 atom stereocenters. The van der Waals surface area contributed by atoms with Gasteiger partial charge in [0.15, 0.2) is 17.5 Å². The number of nitrogens with zero attached hydrogens (tertiary/aromatic N) is 3. The van der Waals surface area contributed by atoms with Crippen LogP contribution in [0.3, 0.4) is 0 Å². The molecule has 0 fully saturated rings. The minimum atomic E-state index is -0.885. The van der Waals surface area contributed by atoms with Crippen LogP contribution in [0.25, 0.3) is 33.4 Å². The molecular weight excluding hydrogens is 374 g/mol. The summed E-state index contributed by atoms with van der Waals surface area (Å²) in [5, 5.41) is 3.94. The molecule has 0 amide bonds. The molecule has 4 rings (SSSR count). The lowest BCUT2D eigenvalue weighted by molar-refractivity contribution is 0.210. The predicted molar refractivity (Wildman–Crippen MR) is 108 cm³/mol. The van der Waals surface area contributed by atoms with Gasteiger partial charge in [0, 0.05) is 42.6 Å². The van der Waals surface area contributed by atoms with E-state index in [4.69, 9.17) is 4.74 Å². The average molecular weight is 392 g/mol. The van der Waals surface area contributed by atoms with Crippen LogP contribution in [0.4, 0.5) is 14.6 Å². The van der Waals surface area contributed by atoms with Gasteiger partial charge in [-0.05, 0) is 35.9 Å². The van der Waals surface area contributed by atoms with E-state index in [1.54, 1.807) is 43.8 Å². The zero-order valence-corrected chi connectivity index (χ0v) is 15.7. The van der Waals surface area contributed by atoms with Crippen LogP contribution < -0.4 is 5.32 Å². The quantitative estimate of drug-likeness (QED) is 0.482. The number of anilines is 1. The number of methoxy groups -OCH3 is 1. The summed E-state index contributed by atoms with van der Waals surface area (Å²) in [6, 6.07) is 13.1. The molecule has 0 aliphatic heterocycles. The number of hydrogen-bond donors (Lipinski definition) is 1. The highest BCUT2D eigenvalue weighted by Gasteiger charge is 2.14. The highest BCUT2D eigenvalue weighted by atomic mass is 19.2. The summed E-state index contributed by atoms with van der Waals surface area (Å²) < 4.78 is 33.1. The zero-order chi connectivity index (χ0) is 20.2. The lowest BCUT2D eigenvalue weighted by atomic mass is 10.0. The topological polar surface area (TPSA) is 59.9 Å². The number of pyridine rings is 1. The minimum absolute atomic E-state index is 0.186. The van der Waals surface area contributed by atoms with Crippen molar-refractivity contribution < 1.29 is 13.5 Å². The fraction of sp³-hybridized carbons (Fsp3) is 0.136. The van der Waals surface area contributed by atoms with E-state index >= 15 is 0 Å². The third-order valence-electron chi connectivity index (χ3n) is 4.48. The summed E-state index contributed by atoms with van der Waals surface area (Å²) in [4.78, 5) is 13.4. The summed E-state index contributed by atoms with van der Waals surface area (Å²) in [7, 11) is 1.62. The van der Waals surface area contributed by atoms with Crippen LogP contribution in [0.15, 0.2) is 60.9 Å². The van der Waals surface area contributed by atoms with Crippen molar-refractivity contribution in [3.05, 3.63) is 72.6 Å². The van der Waals surface area contributed by atoms with Crippen molar-refractivity contribution in [1.82, 2.24) is 15.0 Å². The fourth-order valence-electron chi connectivity index (χ4n) is 3.05. The number of rotatable bonds is 6. The van der Waals surface area contributed by atoms with Crippen LogP contribution in [0.2, 0.25) is 0 Å². The molecule has 1 N–H and O–H groups in total. The minimum Gasteiger partial charge on any atom is -0.383 e. The zero-order valence-electron chi connectivity index (χ0n) is 15.7. The molecule has 0 spiro atoms. The number of hydrogen-bond acceptors (Lipinski definition) is 5. The van der Waals surface area contributed by atoms with E-state index in [2.05, 4.69) is 20.3 Å². The van der Waals surface area contributed by atoms with Crippen molar-refractivity contribution in [1.29, 1.82) is 0 Å². The first-order valence-corrected chi connectivity index (χ1v) is 9.07. The third kappa shape index (κ3) is 3.90. The molecule has 2 aromatic carbocycles. The molecule has 0 radical (unpaired) electrons. The second kappa shape index (κ2) is 8.28. The normalized spacial score (nSPS) is 11.0. The van der Waals surface area contributed by atoms with E-state index in [1.165, 1.54) is 6.07 Å². The van der Waals surface area contributed by atoms with E-state index in [0.717, 1.165) is 11.6 Å². The number of benzene rings is 2. The van der Waals surface area contributed by atoms with Gasteiger partial charge in [-0.1, -0.05) is 18.2 Å². The Bertz CT molecular complexity index is 1150. The van der Waals surface area contributed by atoms with Crippen LogP contribution in [0.1, 0.15) is 0 Å². The van der Waals surface area contributed by atoms with Gasteiger partial charge in [0.25, 0.3) is 0 Å². The maximum atomic E-state index is 14.3. The van der Waals surface area contributed by atoms with Crippen LogP contribution in [0.5, 0.6) is 0 Å². The molecule has 0 bridgehead atoms. The Morgan fingerprint density at radius 1 is 1.00 bits per heavy atom. The number of fused-ring (bicyclic) bond motifs is 1. The van der Waals surface area contributed by atoms with Gasteiger partial charge >= 0.3 is 0 Å². The molecule has 2 aromatic heterocycles. The summed E-state index contributed by atoms with van der Waals surface area (Å²) in [5.41, 5.74) is 2.19. The van der Waals surface area contributed by atoms with Gasteiger partial charge in [-0.25, -0.2) is 18.7 Å². The summed E-state index contributed by atoms with van der Waals surface area (Å²) in [5.74, 6) is -0.655. The van der Waals surface area contributed by atoms with E-state index in [1.807, 2.05) is 12.1 Å². The van der Waals surface area contributed by atoms with Crippen molar-refractivity contribution in [2.24, 2.45) is 0 Å². The molecule has 0 aliphatic carbocycles. The van der Waals surface area contributed by atoms with E-state index in [0.29, 0.717) is 41.3 Å². The molecule has 0 unspecified atom stereocenters. The largest absolute Gasteiger partial charge is 0.383 e. The number of nitrogens with one attached hydrogen (secondary N) is 1. The molecule has 0 saturated carbocycles. The van der Waals surface area contributed by atoms with Gasteiger partial charge in [-0.2, -0.15) is 0 Å². The van der Waals surface area contributed by atoms with Crippen molar-refractivity contribution in [3.63, 3.8) is 0 Å². The highest BCUT2D eigenvalue weighted by molar-refractivity contribution is 5.94. The van der Waals surface area contributed by atoms with Crippen molar-refractivity contribution >= 4 is 16.7 Å². The molecule has 5 nitrogen and oxygen atoms in total. The molecule has 0 aliphatic rings. The summed E-state index contributed by atoms with van der Waals surface area (Å²) >= 11 is 0. The van der Waals surface area contributed by atoms with Gasteiger partial charge in [0.1, 0.15) is 5.82 Å². The van der Waals surface area contributed by atoms with Gasteiger partial charge in [-0.3, -0.25) is 4.98 Å². The van der Waals surface area contributed by atoms with E-state index < -0.39 is 11.6 Å². The van der Waals surface area contributed by atoms with Crippen molar-refractivity contribution in [3.8, 4) is 22.5 Å². The van der Waals surface area contributed by atoms with Gasteiger partial charge < -0.3 is 10.1 Å². The molecule has 29 heavy (non-hydrogen) atoms. The number of aromatic nitrogens is 3.